The molecule has 1 fully saturated rings. The fraction of sp³-hybridized carbons (Fsp3) is 0.412. The normalized spacial score (nSPS) is 16.2. The van der Waals surface area contributed by atoms with Crippen molar-refractivity contribution in [1.29, 1.82) is 0 Å². The number of fused-ring (bicyclic) bond motifs is 1. The topological polar surface area (TPSA) is 104 Å². The number of benzene rings is 1. The number of nitrogens with one attached hydrogen (secondary N) is 1. The maximum atomic E-state index is 12.3. The molecule has 8 nitrogen and oxygen atoms in total. The van der Waals surface area contributed by atoms with Crippen LogP contribution in [0, 0.1) is 0 Å². The Bertz CT molecular complexity index is 901. The fourth-order valence-corrected chi connectivity index (χ4v) is 3.52. The third-order valence-electron chi connectivity index (χ3n) is 4.50. The van der Waals surface area contributed by atoms with E-state index >= 15 is 0 Å². The number of carbonyl (C=O) groups excluding carboxylic acids is 1. The maximum Gasteiger partial charge on any atom is 0.273 e. The number of carbonyl (C=O) groups is 1. The van der Waals surface area contributed by atoms with Gasteiger partial charge in [-0.1, -0.05) is 11.2 Å². The van der Waals surface area contributed by atoms with E-state index in [2.05, 4.69) is 24.1 Å². The highest BCUT2D eigenvalue weighted by atomic mass is 32.1. The molecule has 136 valence electrons. The van der Waals surface area contributed by atoms with Gasteiger partial charge in [-0.15, -0.1) is 0 Å². The van der Waals surface area contributed by atoms with Crippen molar-refractivity contribution in [3.05, 3.63) is 41.3 Å². The van der Waals surface area contributed by atoms with Crippen molar-refractivity contribution in [2.75, 3.05) is 13.1 Å². The number of aliphatic hydroxyl groups excluding tert-OH is 1. The molecule has 2 aromatic heterocycles. The average molecular weight is 373 g/mol. The Morgan fingerprint density at radius 3 is 2.92 bits per heavy atom. The van der Waals surface area contributed by atoms with Crippen LogP contribution in [-0.4, -0.2) is 49.0 Å². The van der Waals surface area contributed by atoms with Crippen molar-refractivity contribution in [3.63, 3.8) is 0 Å². The summed E-state index contributed by atoms with van der Waals surface area (Å²) < 4.78 is 13.6. The molecule has 3 heterocycles. The molecule has 0 spiro atoms. The van der Waals surface area contributed by atoms with Gasteiger partial charge in [-0.05, 0) is 30.5 Å². The first-order chi connectivity index (χ1) is 12.7. The van der Waals surface area contributed by atoms with Gasteiger partial charge in [0.05, 0.1) is 24.4 Å². The van der Waals surface area contributed by atoms with Gasteiger partial charge >= 0.3 is 0 Å². The van der Waals surface area contributed by atoms with Crippen molar-refractivity contribution >= 4 is 28.7 Å². The lowest BCUT2D eigenvalue weighted by atomic mass is 10.1. The summed E-state index contributed by atoms with van der Waals surface area (Å²) in [6.07, 6.45) is 1.32. The molecule has 26 heavy (non-hydrogen) atoms. The van der Waals surface area contributed by atoms with Crippen LogP contribution < -0.4 is 5.32 Å². The number of piperidine rings is 1. The van der Waals surface area contributed by atoms with Gasteiger partial charge in [0.1, 0.15) is 11.0 Å². The van der Waals surface area contributed by atoms with Crippen molar-refractivity contribution in [3.8, 4) is 0 Å². The summed E-state index contributed by atoms with van der Waals surface area (Å²) in [6, 6.07) is 7.40. The number of hydrogen-bond donors (Lipinski definition) is 2. The van der Waals surface area contributed by atoms with Crippen LogP contribution in [0.2, 0.25) is 0 Å². The first kappa shape index (κ1) is 17.1. The third-order valence-corrected chi connectivity index (χ3v) is 5.06. The predicted molar refractivity (Wildman–Crippen MR) is 95.6 cm³/mol. The van der Waals surface area contributed by atoms with Gasteiger partial charge in [0.15, 0.2) is 11.5 Å². The highest BCUT2D eigenvalue weighted by Gasteiger charge is 2.19. The summed E-state index contributed by atoms with van der Waals surface area (Å²) in [5.74, 6) is 0.382. The molecule has 0 radical (unpaired) electrons. The van der Waals surface area contributed by atoms with E-state index in [4.69, 9.17) is 4.52 Å². The highest BCUT2D eigenvalue weighted by molar-refractivity contribution is 7.00. The molecule has 0 atom stereocenters. The number of hydrogen-bond acceptors (Lipinski definition) is 8. The van der Waals surface area contributed by atoms with Crippen LogP contribution in [0.3, 0.4) is 0 Å². The van der Waals surface area contributed by atoms with Gasteiger partial charge in [-0.2, -0.15) is 8.75 Å². The van der Waals surface area contributed by atoms with Crippen molar-refractivity contribution < 1.29 is 14.4 Å². The standard InChI is InChI=1S/C17H19N5O3S/c23-12-3-5-22(6-4-12)10-13-8-16(19-25-13)17(24)18-9-11-1-2-14-15(7-11)21-26-20-14/h1-2,7-8,12,23H,3-6,9-10H2,(H,18,24). The first-order valence-corrected chi connectivity index (χ1v) is 9.26. The van der Waals surface area contributed by atoms with Crippen molar-refractivity contribution in [2.24, 2.45) is 0 Å². The molecule has 0 bridgehead atoms. The van der Waals surface area contributed by atoms with Gasteiger partial charge in [0, 0.05) is 25.7 Å². The highest BCUT2D eigenvalue weighted by Crippen LogP contribution is 2.15. The Kier molecular flexibility index (Phi) is 4.91. The molecule has 9 heteroatoms. The van der Waals surface area contributed by atoms with Crippen LogP contribution >= 0.6 is 11.7 Å². The third kappa shape index (κ3) is 3.90. The van der Waals surface area contributed by atoms with Gasteiger partial charge in [-0.25, -0.2) is 0 Å². The van der Waals surface area contributed by atoms with Crippen LogP contribution in [0.1, 0.15) is 34.7 Å². The minimum Gasteiger partial charge on any atom is -0.393 e. The van der Waals surface area contributed by atoms with E-state index in [0.717, 1.165) is 42.5 Å². The second-order valence-corrected chi connectivity index (χ2v) is 6.98. The zero-order chi connectivity index (χ0) is 17.9. The Morgan fingerprint density at radius 1 is 1.27 bits per heavy atom. The summed E-state index contributed by atoms with van der Waals surface area (Å²) in [4.78, 5) is 14.5. The first-order valence-electron chi connectivity index (χ1n) is 8.53. The van der Waals surface area contributed by atoms with Gasteiger partial charge in [0.2, 0.25) is 0 Å². The molecule has 1 aliphatic rings. The lowest BCUT2D eigenvalue weighted by molar-refractivity contribution is 0.0748. The maximum absolute atomic E-state index is 12.3. The molecule has 0 unspecified atom stereocenters. The van der Waals surface area contributed by atoms with Crippen LogP contribution in [0.4, 0.5) is 0 Å². The van der Waals surface area contributed by atoms with Gasteiger partial charge in [-0.3, -0.25) is 9.69 Å². The number of aromatic nitrogens is 3. The molecule has 0 saturated carbocycles. The molecule has 4 rings (SSSR count). The molecule has 0 aliphatic carbocycles. The summed E-state index contributed by atoms with van der Waals surface area (Å²) in [7, 11) is 0. The lowest BCUT2D eigenvalue weighted by Gasteiger charge is -2.28. The molecular weight excluding hydrogens is 354 g/mol. The molecular formula is C17H19N5O3S. The Balaban J connectivity index is 1.32. The van der Waals surface area contributed by atoms with Crippen molar-refractivity contribution in [2.45, 2.75) is 32.0 Å². The van der Waals surface area contributed by atoms with Crippen LogP contribution in [0.5, 0.6) is 0 Å². The summed E-state index contributed by atoms with van der Waals surface area (Å²) >= 11 is 1.17. The van der Waals surface area contributed by atoms with Crippen LogP contribution in [-0.2, 0) is 13.1 Å². The Labute approximate surface area is 154 Å². The number of rotatable bonds is 5. The second-order valence-electron chi connectivity index (χ2n) is 6.46. The van der Waals surface area contributed by atoms with E-state index in [9.17, 15) is 9.90 Å². The van der Waals surface area contributed by atoms with Gasteiger partial charge in [0.25, 0.3) is 5.91 Å². The van der Waals surface area contributed by atoms with E-state index in [1.165, 1.54) is 11.7 Å². The quantitative estimate of drug-likeness (QED) is 0.699. The minimum atomic E-state index is -0.273. The monoisotopic (exact) mass is 373 g/mol. The largest absolute Gasteiger partial charge is 0.393 e. The molecule has 3 aromatic rings. The van der Waals surface area contributed by atoms with E-state index in [1.54, 1.807) is 6.07 Å². The summed E-state index contributed by atoms with van der Waals surface area (Å²) in [5, 5.41) is 16.3. The molecule has 1 aliphatic heterocycles. The van der Waals surface area contributed by atoms with Crippen LogP contribution in [0.25, 0.3) is 11.0 Å². The summed E-state index contributed by atoms with van der Waals surface area (Å²) in [6.45, 7) is 2.62. The number of likely N-dealkylation sites (tertiary alicyclic amines) is 1. The average Bonchev–Trinajstić information content (AvgIpc) is 3.30. The zero-order valence-electron chi connectivity index (χ0n) is 14.1. The smallest absolute Gasteiger partial charge is 0.273 e. The molecule has 1 aromatic carbocycles. The Hall–Kier alpha value is -2.36. The molecule has 1 amide bonds. The molecule has 2 N–H and O–H groups in total. The van der Waals surface area contributed by atoms with Crippen LogP contribution in [0.15, 0.2) is 28.8 Å². The zero-order valence-corrected chi connectivity index (χ0v) is 14.9. The van der Waals surface area contributed by atoms with E-state index < -0.39 is 0 Å². The van der Waals surface area contributed by atoms with E-state index in [-0.39, 0.29) is 17.7 Å². The number of amides is 1. The Morgan fingerprint density at radius 2 is 2.08 bits per heavy atom. The second kappa shape index (κ2) is 7.48. The van der Waals surface area contributed by atoms with E-state index in [1.807, 2.05) is 18.2 Å². The van der Waals surface area contributed by atoms with Crippen molar-refractivity contribution in [1.82, 2.24) is 24.1 Å². The SMILES string of the molecule is O=C(NCc1ccc2nsnc2c1)c1cc(CN2CCC(O)CC2)on1. The summed E-state index contributed by atoms with van der Waals surface area (Å²) in [5.41, 5.74) is 2.91. The van der Waals surface area contributed by atoms with E-state index in [0.29, 0.717) is 18.8 Å². The molecule has 1 saturated heterocycles. The number of aliphatic hydroxyl groups is 1. The van der Waals surface area contributed by atoms with Gasteiger partial charge < -0.3 is 14.9 Å². The minimum absolute atomic E-state index is 0.207. The lowest BCUT2D eigenvalue weighted by Crippen LogP contribution is -2.35. The fourth-order valence-electron chi connectivity index (χ4n) is 3.00. The number of nitrogens with zero attached hydrogens (tertiary/aromatic N) is 4. The predicted octanol–water partition coefficient (Wildman–Crippen LogP) is 1.57.